The van der Waals surface area contributed by atoms with Crippen molar-refractivity contribution in [1.82, 2.24) is 15.1 Å². The molecule has 1 atom stereocenters. The number of hydrogen-bond donors (Lipinski definition) is 1. The smallest absolute Gasteiger partial charge is 0.236 e. The minimum Gasteiger partial charge on any atom is -0.381 e. The van der Waals surface area contributed by atoms with Gasteiger partial charge in [0.25, 0.3) is 0 Å². The first-order valence-electron chi connectivity index (χ1n) is 7.58. The average Bonchev–Trinajstić information content (AvgIpc) is 2.48. The Balaban J connectivity index is 1.84. The maximum absolute atomic E-state index is 12.1. The molecule has 0 aromatic heterocycles. The molecule has 114 valence electrons. The molecule has 20 heavy (non-hydrogen) atoms. The van der Waals surface area contributed by atoms with E-state index in [-0.39, 0.29) is 17.9 Å². The molecule has 2 fully saturated rings. The third-order valence-corrected chi connectivity index (χ3v) is 3.98. The fourth-order valence-corrected chi connectivity index (χ4v) is 2.90. The molecule has 0 saturated carbocycles. The summed E-state index contributed by atoms with van der Waals surface area (Å²) in [6, 6.07) is 0.189. The zero-order chi connectivity index (χ0) is 14.4. The summed E-state index contributed by atoms with van der Waals surface area (Å²) in [5.41, 5.74) is 0. The Labute approximate surface area is 120 Å². The van der Waals surface area contributed by atoms with Gasteiger partial charge in [0.15, 0.2) is 0 Å². The van der Waals surface area contributed by atoms with Crippen LogP contribution in [0.3, 0.4) is 0 Å². The largest absolute Gasteiger partial charge is 0.381 e. The highest BCUT2D eigenvalue weighted by atomic mass is 16.5. The van der Waals surface area contributed by atoms with Crippen molar-refractivity contribution in [2.45, 2.75) is 32.2 Å². The van der Waals surface area contributed by atoms with Crippen molar-refractivity contribution in [2.75, 3.05) is 45.9 Å². The molecule has 0 bridgehead atoms. The molecule has 0 radical (unpaired) electrons. The number of nitrogens with zero attached hydrogens (tertiary/aromatic N) is 2. The van der Waals surface area contributed by atoms with Crippen LogP contribution in [0.15, 0.2) is 0 Å². The van der Waals surface area contributed by atoms with E-state index in [4.69, 9.17) is 4.74 Å². The molecular weight excluding hydrogens is 258 g/mol. The van der Waals surface area contributed by atoms with E-state index >= 15 is 0 Å². The Morgan fingerprint density at radius 1 is 1.45 bits per heavy atom. The van der Waals surface area contributed by atoms with E-state index in [1.165, 1.54) is 0 Å². The molecular formula is C14H25N3O3. The van der Waals surface area contributed by atoms with Gasteiger partial charge >= 0.3 is 0 Å². The van der Waals surface area contributed by atoms with E-state index in [0.717, 1.165) is 32.5 Å². The molecule has 2 aliphatic rings. The normalized spacial score (nSPS) is 24.1. The SMILES string of the molecule is CCOCCC(=O)N1CCCC(N2CCNCC2=O)C1. The van der Waals surface area contributed by atoms with Gasteiger partial charge < -0.3 is 19.9 Å². The summed E-state index contributed by atoms with van der Waals surface area (Å²) in [4.78, 5) is 27.9. The molecule has 1 N–H and O–H groups in total. The van der Waals surface area contributed by atoms with Crippen LogP contribution in [0.4, 0.5) is 0 Å². The predicted molar refractivity (Wildman–Crippen MR) is 75.3 cm³/mol. The van der Waals surface area contributed by atoms with Crippen LogP contribution in [-0.2, 0) is 14.3 Å². The number of nitrogens with one attached hydrogen (secondary N) is 1. The van der Waals surface area contributed by atoms with Gasteiger partial charge in [0.1, 0.15) is 0 Å². The van der Waals surface area contributed by atoms with E-state index in [1.807, 2.05) is 16.7 Å². The summed E-state index contributed by atoms with van der Waals surface area (Å²) in [6.45, 7) is 6.57. The van der Waals surface area contributed by atoms with Gasteiger partial charge in [0.05, 0.1) is 19.6 Å². The third kappa shape index (κ3) is 3.93. The maximum Gasteiger partial charge on any atom is 0.236 e. The summed E-state index contributed by atoms with van der Waals surface area (Å²) in [6.07, 6.45) is 2.42. The summed E-state index contributed by atoms with van der Waals surface area (Å²) in [7, 11) is 0. The minimum atomic E-state index is 0.144. The molecule has 0 spiro atoms. The van der Waals surface area contributed by atoms with Gasteiger partial charge in [-0.15, -0.1) is 0 Å². The molecule has 0 aromatic rings. The lowest BCUT2D eigenvalue weighted by Gasteiger charge is -2.41. The van der Waals surface area contributed by atoms with Gasteiger partial charge in [-0.1, -0.05) is 0 Å². The van der Waals surface area contributed by atoms with Crippen LogP contribution in [0.25, 0.3) is 0 Å². The van der Waals surface area contributed by atoms with E-state index < -0.39 is 0 Å². The Morgan fingerprint density at radius 3 is 3.05 bits per heavy atom. The Morgan fingerprint density at radius 2 is 2.30 bits per heavy atom. The van der Waals surface area contributed by atoms with Crippen LogP contribution in [0, 0.1) is 0 Å². The van der Waals surface area contributed by atoms with Crippen molar-refractivity contribution in [3.05, 3.63) is 0 Å². The first kappa shape index (κ1) is 15.3. The Kier molecular flexibility index (Phi) is 5.79. The van der Waals surface area contributed by atoms with Crippen LogP contribution < -0.4 is 5.32 Å². The highest BCUT2D eigenvalue weighted by molar-refractivity contribution is 5.80. The van der Waals surface area contributed by atoms with Gasteiger partial charge in [-0.05, 0) is 19.8 Å². The molecule has 6 nitrogen and oxygen atoms in total. The first-order valence-corrected chi connectivity index (χ1v) is 7.58. The van der Waals surface area contributed by atoms with E-state index in [2.05, 4.69) is 5.32 Å². The average molecular weight is 283 g/mol. The number of carbonyl (C=O) groups is 2. The molecule has 1 unspecified atom stereocenters. The van der Waals surface area contributed by atoms with Crippen molar-refractivity contribution in [3.8, 4) is 0 Å². The molecule has 2 heterocycles. The summed E-state index contributed by atoms with van der Waals surface area (Å²) >= 11 is 0. The van der Waals surface area contributed by atoms with Crippen molar-refractivity contribution < 1.29 is 14.3 Å². The highest BCUT2D eigenvalue weighted by Gasteiger charge is 2.31. The zero-order valence-electron chi connectivity index (χ0n) is 12.3. The maximum atomic E-state index is 12.1. The standard InChI is InChI=1S/C14H25N3O3/c1-2-20-9-5-13(18)16-7-3-4-12(11-16)17-8-6-15-10-14(17)19/h12,15H,2-11H2,1H3. The fraction of sp³-hybridized carbons (Fsp3) is 0.857. The zero-order valence-corrected chi connectivity index (χ0v) is 12.3. The van der Waals surface area contributed by atoms with Crippen molar-refractivity contribution in [3.63, 3.8) is 0 Å². The number of hydrogen-bond acceptors (Lipinski definition) is 4. The molecule has 2 aliphatic heterocycles. The number of piperidine rings is 1. The summed E-state index contributed by atoms with van der Waals surface area (Å²) in [5, 5.41) is 3.08. The number of rotatable bonds is 5. The Bertz CT molecular complexity index is 349. The van der Waals surface area contributed by atoms with Crippen LogP contribution >= 0.6 is 0 Å². The minimum absolute atomic E-state index is 0.144. The van der Waals surface area contributed by atoms with Crippen LogP contribution in [-0.4, -0.2) is 73.6 Å². The van der Waals surface area contributed by atoms with Crippen LogP contribution in [0.5, 0.6) is 0 Å². The quantitative estimate of drug-likeness (QED) is 0.712. The predicted octanol–water partition coefficient (Wildman–Crippen LogP) is -0.164. The summed E-state index contributed by atoms with van der Waals surface area (Å²) in [5.74, 6) is 0.301. The molecule has 2 rings (SSSR count). The number of amides is 2. The number of carbonyl (C=O) groups excluding carboxylic acids is 2. The second kappa shape index (κ2) is 7.59. The van der Waals surface area contributed by atoms with Gasteiger partial charge in [-0.2, -0.15) is 0 Å². The van der Waals surface area contributed by atoms with E-state index in [0.29, 0.717) is 32.7 Å². The van der Waals surface area contributed by atoms with Gasteiger partial charge in [-0.3, -0.25) is 9.59 Å². The third-order valence-electron chi connectivity index (χ3n) is 3.98. The lowest BCUT2D eigenvalue weighted by molar-refractivity contribution is -0.141. The van der Waals surface area contributed by atoms with Crippen molar-refractivity contribution in [2.24, 2.45) is 0 Å². The van der Waals surface area contributed by atoms with Crippen molar-refractivity contribution in [1.29, 1.82) is 0 Å². The number of ether oxygens (including phenoxy) is 1. The number of piperazine rings is 1. The van der Waals surface area contributed by atoms with Gasteiger partial charge in [0.2, 0.25) is 11.8 Å². The van der Waals surface area contributed by atoms with E-state index in [1.54, 1.807) is 0 Å². The first-order chi connectivity index (χ1) is 9.72. The topological polar surface area (TPSA) is 61.9 Å². The lowest BCUT2D eigenvalue weighted by atomic mass is 10.0. The molecule has 6 heteroatoms. The van der Waals surface area contributed by atoms with E-state index in [9.17, 15) is 9.59 Å². The molecule has 0 aliphatic carbocycles. The Hall–Kier alpha value is -1.14. The highest BCUT2D eigenvalue weighted by Crippen LogP contribution is 2.17. The summed E-state index contributed by atoms with van der Waals surface area (Å²) < 4.78 is 5.23. The lowest BCUT2D eigenvalue weighted by Crippen LogP contribution is -2.57. The monoisotopic (exact) mass is 283 g/mol. The van der Waals surface area contributed by atoms with Crippen molar-refractivity contribution >= 4 is 11.8 Å². The molecule has 2 amide bonds. The van der Waals surface area contributed by atoms with Gasteiger partial charge in [0, 0.05) is 38.8 Å². The fourth-order valence-electron chi connectivity index (χ4n) is 2.90. The van der Waals surface area contributed by atoms with Crippen LogP contribution in [0.2, 0.25) is 0 Å². The molecule has 2 saturated heterocycles. The van der Waals surface area contributed by atoms with Gasteiger partial charge in [-0.25, -0.2) is 0 Å². The second-order valence-electron chi connectivity index (χ2n) is 5.35. The molecule has 0 aromatic carbocycles. The second-order valence-corrected chi connectivity index (χ2v) is 5.35. The number of likely N-dealkylation sites (tertiary alicyclic amines) is 1. The van der Waals surface area contributed by atoms with Crippen LogP contribution in [0.1, 0.15) is 26.2 Å².